The topological polar surface area (TPSA) is 106 Å². The number of hydrogen-bond acceptors (Lipinski definition) is 7. The first-order valence-corrected chi connectivity index (χ1v) is 16.2. The fourth-order valence-electron chi connectivity index (χ4n) is 4.93. The van der Waals surface area contributed by atoms with E-state index in [-0.39, 0.29) is 17.4 Å². The lowest BCUT2D eigenvalue weighted by Crippen LogP contribution is -2.30. The quantitative estimate of drug-likeness (QED) is 0.0981. The molecule has 248 valence electrons. The maximum absolute atomic E-state index is 13.8. The van der Waals surface area contributed by atoms with Crippen LogP contribution >= 0.6 is 11.8 Å². The summed E-state index contributed by atoms with van der Waals surface area (Å²) in [5.74, 6) is 0.276. The van der Waals surface area contributed by atoms with Crippen LogP contribution in [0.15, 0.2) is 138 Å². The number of benzene rings is 5. The first-order chi connectivity index (χ1) is 23.9. The van der Waals surface area contributed by atoms with Gasteiger partial charge in [0.25, 0.3) is 11.8 Å². The number of thioether (sulfide) groups is 1. The van der Waals surface area contributed by atoms with Crippen LogP contribution in [0.5, 0.6) is 17.2 Å². The standard InChI is InChI=1S/C39H35N3O6S/c1-46-34-25-36(48-3)35(47-2)23-28(34)22-33(41-38(44)27-14-7-4-8-15-27)39(45)40-29-16-13-21-32(24-29)49-26-37(43)42(30-17-9-5-10-18-30)31-19-11-6-12-20-31/h4-25H,26H2,1-3H3,(H,40,45)(H,41,44)/b33-22-. The number of carbonyl (C=O) groups is 3. The van der Waals surface area contributed by atoms with E-state index in [2.05, 4.69) is 10.6 Å². The number of nitrogens with one attached hydrogen (secondary N) is 2. The number of ether oxygens (including phenoxy) is 3. The van der Waals surface area contributed by atoms with E-state index in [4.69, 9.17) is 14.2 Å². The highest BCUT2D eigenvalue weighted by Gasteiger charge is 2.20. The maximum atomic E-state index is 13.8. The summed E-state index contributed by atoms with van der Waals surface area (Å²) in [5, 5.41) is 5.63. The van der Waals surface area contributed by atoms with Crippen molar-refractivity contribution in [2.45, 2.75) is 4.90 Å². The Bertz CT molecular complexity index is 1900. The number of anilines is 3. The zero-order chi connectivity index (χ0) is 34.6. The highest BCUT2D eigenvalue weighted by Crippen LogP contribution is 2.36. The molecule has 0 radical (unpaired) electrons. The van der Waals surface area contributed by atoms with Crippen LogP contribution in [-0.4, -0.2) is 44.8 Å². The Morgan fingerprint density at radius 2 is 1.24 bits per heavy atom. The highest BCUT2D eigenvalue weighted by molar-refractivity contribution is 8.00. The molecule has 0 atom stereocenters. The molecule has 10 heteroatoms. The molecule has 0 aliphatic rings. The molecule has 0 aliphatic heterocycles. The largest absolute Gasteiger partial charge is 0.496 e. The van der Waals surface area contributed by atoms with Gasteiger partial charge >= 0.3 is 0 Å². The molecular weight excluding hydrogens is 639 g/mol. The maximum Gasteiger partial charge on any atom is 0.272 e. The van der Waals surface area contributed by atoms with Gasteiger partial charge in [-0.3, -0.25) is 19.3 Å². The lowest BCUT2D eigenvalue weighted by atomic mass is 10.1. The molecule has 0 unspecified atom stereocenters. The van der Waals surface area contributed by atoms with E-state index in [1.54, 1.807) is 65.6 Å². The minimum atomic E-state index is -0.571. The van der Waals surface area contributed by atoms with Gasteiger partial charge in [-0.2, -0.15) is 0 Å². The molecule has 5 aromatic rings. The second-order valence-corrected chi connectivity index (χ2v) is 11.5. The number of rotatable bonds is 13. The Morgan fingerprint density at radius 3 is 1.84 bits per heavy atom. The molecule has 0 spiro atoms. The first kappa shape index (κ1) is 34.3. The van der Waals surface area contributed by atoms with Gasteiger partial charge in [0.2, 0.25) is 5.91 Å². The third kappa shape index (κ3) is 8.88. The molecule has 0 fully saturated rings. The molecule has 5 aromatic carbocycles. The van der Waals surface area contributed by atoms with E-state index in [1.807, 2.05) is 66.7 Å². The average Bonchev–Trinajstić information content (AvgIpc) is 3.15. The number of amides is 3. The van der Waals surface area contributed by atoms with Crippen LogP contribution < -0.4 is 29.7 Å². The van der Waals surface area contributed by atoms with Crippen molar-refractivity contribution in [3.8, 4) is 17.2 Å². The highest BCUT2D eigenvalue weighted by atomic mass is 32.2. The molecular formula is C39H35N3O6S. The second kappa shape index (κ2) is 16.7. The number of hydrogen-bond donors (Lipinski definition) is 2. The van der Waals surface area contributed by atoms with E-state index in [9.17, 15) is 14.4 Å². The Kier molecular flexibility index (Phi) is 11.7. The number of para-hydroxylation sites is 2. The number of nitrogens with zero attached hydrogens (tertiary/aromatic N) is 1. The summed E-state index contributed by atoms with van der Waals surface area (Å²) < 4.78 is 16.4. The zero-order valence-corrected chi connectivity index (χ0v) is 28.0. The minimum Gasteiger partial charge on any atom is -0.496 e. The summed E-state index contributed by atoms with van der Waals surface area (Å²) in [4.78, 5) is 43.0. The van der Waals surface area contributed by atoms with E-state index < -0.39 is 11.8 Å². The van der Waals surface area contributed by atoms with E-state index >= 15 is 0 Å². The molecule has 0 aliphatic carbocycles. The van der Waals surface area contributed by atoms with Crippen molar-refractivity contribution in [1.29, 1.82) is 0 Å². The van der Waals surface area contributed by atoms with Gasteiger partial charge in [0.05, 0.1) is 27.1 Å². The molecule has 5 rings (SSSR count). The van der Waals surface area contributed by atoms with Gasteiger partial charge in [0, 0.05) is 39.2 Å². The van der Waals surface area contributed by atoms with Crippen LogP contribution in [0.2, 0.25) is 0 Å². The molecule has 0 saturated heterocycles. The van der Waals surface area contributed by atoms with Crippen LogP contribution in [0, 0.1) is 0 Å². The van der Waals surface area contributed by atoms with Crippen molar-refractivity contribution in [1.82, 2.24) is 5.32 Å². The molecule has 3 amide bonds. The molecule has 0 saturated carbocycles. The Morgan fingerprint density at radius 1 is 0.673 bits per heavy atom. The molecule has 0 heterocycles. The van der Waals surface area contributed by atoms with Gasteiger partial charge in [0.15, 0.2) is 11.5 Å². The van der Waals surface area contributed by atoms with Crippen molar-refractivity contribution in [3.05, 3.63) is 144 Å². The molecule has 2 N–H and O–H groups in total. The summed E-state index contributed by atoms with van der Waals surface area (Å²) in [5.41, 5.74) is 2.83. The predicted molar refractivity (Wildman–Crippen MR) is 194 cm³/mol. The van der Waals surface area contributed by atoms with Crippen molar-refractivity contribution in [2.75, 3.05) is 37.3 Å². The second-order valence-electron chi connectivity index (χ2n) is 10.5. The molecule has 0 bridgehead atoms. The van der Waals surface area contributed by atoms with Crippen LogP contribution in [0.1, 0.15) is 15.9 Å². The molecule has 0 aromatic heterocycles. The number of carbonyl (C=O) groups excluding carboxylic acids is 3. The van der Waals surface area contributed by atoms with Crippen LogP contribution in [-0.2, 0) is 9.59 Å². The van der Waals surface area contributed by atoms with Crippen LogP contribution in [0.4, 0.5) is 17.1 Å². The lowest BCUT2D eigenvalue weighted by molar-refractivity contribution is -0.115. The summed E-state index contributed by atoms with van der Waals surface area (Å²) >= 11 is 1.35. The fourth-order valence-corrected chi connectivity index (χ4v) is 5.73. The lowest BCUT2D eigenvalue weighted by Gasteiger charge is -2.23. The van der Waals surface area contributed by atoms with E-state index in [0.29, 0.717) is 34.1 Å². The van der Waals surface area contributed by atoms with Crippen molar-refractivity contribution < 1.29 is 28.6 Å². The third-order valence-corrected chi connectivity index (χ3v) is 8.28. The summed E-state index contributed by atoms with van der Waals surface area (Å²) in [6, 6.07) is 38.0. The van der Waals surface area contributed by atoms with Gasteiger partial charge < -0.3 is 24.8 Å². The third-order valence-electron chi connectivity index (χ3n) is 7.30. The monoisotopic (exact) mass is 673 g/mol. The van der Waals surface area contributed by atoms with E-state index in [0.717, 1.165) is 16.3 Å². The summed E-state index contributed by atoms with van der Waals surface area (Å²) in [6.45, 7) is 0. The summed E-state index contributed by atoms with van der Waals surface area (Å²) in [6.07, 6.45) is 1.51. The van der Waals surface area contributed by atoms with Gasteiger partial charge in [-0.05, 0) is 66.7 Å². The first-order valence-electron chi connectivity index (χ1n) is 15.3. The minimum absolute atomic E-state index is 0.0334. The van der Waals surface area contributed by atoms with Crippen molar-refractivity contribution in [3.63, 3.8) is 0 Å². The van der Waals surface area contributed by atoms with Gasteiger partial charge in [0.1, 0.15) is 11.4 Å². The van der Waals surface area contributed by atoms with Gasteiger partial charge in [-0.25, -0.2) is 0 Å². The SMILES string of the molecule is COc1cc(OC)c(OC)cc1/C=C(\NC(=O)c1ccccc1)C(=O)Nc1cccc(SCC(=O)N(c2ccccc2)c2ccccc2)c1. The Hall–Kier alpha value is -6.00. The summed E-state index contributed by atoms with van der Waals surface area (Å²) in [7, 11) is 4.51. The van der Waals surface area contributed by atoms with Gasteiger partial charge in [-0.15, -0.1) is 11.8 Å². The Balaban J connectivity index is 1.38. The molecule has 49 heavy (non-hydrogen) atoms. The Labute approximate surface area is 289 Å². The van der Waals surface area contributed by atoms with Crippen LogP contribution in [0.25, 0.3) is 6.08 Å². The predicted octanol–water partition coefficient (Wildman–Crippen LogP) is 7.58. The normalized spacial score (nSPS) is 10.9. The zero-order valence-electron chi connectivity index (χ0n) is 27.2. The van der Waals surface area contributed by atoms with Crippen molar-refractivity contribution >= 4 is 52.6 Å². The molecule has 9 nitrogen and oxygen atoms in total. The fraction of sp³-hybridized carbons (Fsp3) is 0.103. The van der Waals surface area contributed by atoms with E-state index in [1.165, 1.54) is 39.2 Å². The average molecular weight is 674 g/mol. The van der Waals surface area contributed by atoms with Gasteiger partial charge in [-0.1, -0.05) is 60.7 Å². The van der Waals surface area contributed by atoms with Crippen molar-refractivity contribution in [2.24, 2.45) is 0 Å². The van der Waals surface area contributed by atoms with Crippen LogP contribution in [0.3, 0.4) is 0 Å². The number of methoxy groups -OCH3 is 3. The smallest absolute Gasteiger partial charge is 0.272 e.